The zero-order valence-electron chi connectivity index (χ0n) is 12.6. The number of piperidine rings is 1. The molecule has 0 aliphatic carbocycles. The van der Waals surface area contributed by atoms with Gasteiger partial charge in [-0.25, -0.2) is 0 Å². The van der Waals surface area contributed by atoms with E-state index in [0.717, 1.165) is 11.3 Å². The Kier molecular flexibility index (Phi) is 4.34. The lowest BCUT2D eigenvalue weighted by molar-refractivity contribution is 0.578. The molecule has 0 saturated carbocycles. The molecular formula is C19H22N2. The molecule has 0 radical (unpaired) electrons. The van der Waals surface area contributed by atoms with E-state index in [-0.39, 0.29) is 0 Å². The number of anilines is 1. The van der Waals surface area contributed by atoms with Gasteiger partial charge in [-0.05, 0) is 56.0 Å². The maximum absolute atomic E-state index is 4.56. The molecule has 0 atom stereocenters. The van der Waals surface area contributed by atoms with Gasteiger partial charge in [-0.1, -0.05) is 29.8 Å². The molecular weight excluding hydrogens is 256 g/mol. The normalized spacial score (nSPS) is 15.6. The average molecular weight is 278 g/mol. The van der Waals surface area contributed by atoms with E-state index >= 15 is 0 Å². The van der Waals surface area contributed by atoms with Crippen molar-refractivity contribution in [2.75, 3.05) is 18.0 Å². The first-order valence-electron chi connectivity index (χ1n) is 7.77. The molecule has 2 nitrogen and oxygen atoms in total. The molecule has 108 valence electrons. The molecule has 2 aromatic rings. The zero-order chi connectivity index (χ0) is 14.5. The summed E-state index contributed by atoms with van der Waals surface area (Å²) in [6, 6.07) is 17.0. The van der Waals surface area contributed by atoms with Crippen LogP contribution in [0.5, 0.6) is 0 Å². The molecule has 1 saturated heterocycles. The van der Waals surface area contributed by atoms with Crippen molar-refractivity contribution in [2.24, 2.45) is 4.99 Å². The summed E-state index contributed by atoms with van der Waals surface area (Å²) in [5, 5.41) is 0. The second-order valence-electron chi connectivity index (χ2n) is 5.74. The van der Waals surface area contributed by atoms with E-state index in [9.17, 15) is 0 Å². The number of hydrogen-bond donors (Lipinski definition) is 0. The first-order chi connectivity index (χ1) is 10.3. The molecule has 0 aromatic heterocycles. The summed E-state index contributed by atoms with van der Waals surface area (Å²) >= 11 is 0. The van der Waals surface area contributed by atoms with Crippen LogP contribution in [-0.4, -0.2) is 19.3 Å². The van der Waals surface area contributed by atoms with Crippen LogP contribution in [0.25, 0.3) is 0 Å². The van der Waals surface area contributed by atoms with Crippen LogP contribution in [-0.2, 0) is 0 Å². The van der Waals surface area contributed by atoms with E-state index in [1.807, 2.05) is 6.21 Å². The van der Waals surface area contributed by atoms with Gasteiger partial charge in [0.1, 0.15) is 0 Å². The third-order valence-electron chi connectivity index (χ3n) is 3.98. The molecule has 2 heteroatoms. The monoisotopic (exact) mass is 278 g/mol. The van der Waals surface area contributed by atoms with Crippen LogP contribution in [0.4, 0.5) is 11.4 Å². The van der Waals surface area contributed by atoms with Crippen molar-refractivity contribution >= 4 is 17.6 Å². The SMILES string of the molecule is Cc1cccc(C=Nc2ccc(N3CCCCC3)cc2)c1. The van der Waals surface area contributed by atoms with Crippen LogP contribution < -0.4 is 4.90 Å². The van der Waals surface area contributed by atoms with Gasteiger partial charge >= 0.3 is 0 Å². The van der Waals surface area contributed by atoms with E-state index in [1.165, 1.54) is 43.6 Å². The fraction of sp³-hybridized carbons (Fsp3) is 0.316. The third kappa shape index (κ3) is 3.72. The largest absolute Gasteiger partial charge is 0.372 e. The van der Waals surface area contributed by atoms with E-state index in [4.69, 9.17) is 0 Å². The smallest absolute Gasteiger partial charge is 0.0631 e. The Morgan fingerprint density at radius 3 is 2.43 bits per heavy atom. The lowest BCUT2D eigenvalue weighted by atomic mass is 10.1. The van der Waals surface area contributed by atoms with Gasteiger partial charge in [0.05, 0.1) is 5.69 Å². The summed E-state index contributed by atoms with van der Waals surface area (Å²) < 4.78 is 0. The Balaban J connectivity index is 1.69. The minimum atomic E-state index is 1.01. The van der Waals surface area contributed by atoms with E-state index in [0.29, 0.717) is 0 Å². The summed E-state index contributed by atoms with van der Waals surface area (Å²) in [5.41, 5.74) is 4.75. The molecule has 21 heavy (non-hydrogen) atoms. The average Bonchev–Trinajstić information content (AvgIpc) is 2.54. The molecule has 0 N–H and O–H groups in total. The van der Waals surface area contributed by atoms with Gasteiger partial charge in [-0.15, -0.1) is 0 Å². The molecule has 0 amide bonds. The number of aryl methyl sites for hydroxylation is 1. The fourth-order valence-electron chi connectivity index (χ4n) is 2.80. The van der Waals surface area contributed by atoms with Crippen molar-refractivity contribution < 1.29 is 0 Å². The third-order valence-corrected chi connectivity index (χ3v) is 3.98. The first-order valence-corrected chi connectivity index (χ1v) is 7.77. The first kappa shape index (κ1) is 13.9. The standard InChI is InChI=1S/C19H22N2/c1-16-6-5-7-17(14-16)15-20-18-8-10-19(11-9-18)21-12-3-2-4-13-21/h5-11,14-15H,2-4,12-13H2,1H3. The summed E-state index contributed by atoms with van der Waals surface area (Å²) in [7, 11) is 0. The van der Waals surface area contributed by atoms with E-state index in [2.05, 4.69) is 65.3 Å². The predicted octanol–water partition coefficient (Wildman–Crippen LogP) is 4.74. The molecule has 0 spiro atoms. The Bertz CT molecular complexity index is 608. The highest BCUT2D eigenvalue weighted by molar-refractivity contribution is 5.82. The van der Waals surface area contributed by atoms with Gasteiger partial charge < -0.3 is 4.90 Å². The predicted molar refractivity (Wildman–Crippen MR) is 90.9 cm³/mol. The van der Waals surface area contributed by atoms with Crippen molar-refractivity contribution in [1.82, 2.24) is 0 Å². The minimum absolute atomic E-state index is 1.01. The molecule has 1 heterocycles. The molecule has 2 aromatic carbocycles. The van der Waals surface area contributed by atoms with Gasteiger partial charge in [0.15, 0.2) is 0 Å². The number of hydrogen-bond acceptors (Lipinski definition) is 2. The molecule has 1 aliphatic heterocycles. The van der Waals surface area contributed by atoms with Crippen molar-refractivity contribution in [3.63, 3.8) is 0 Å². The van der Waals surface area contributed by atoms with Crippen LogP contribution in [0.2, 0.25) is 0 Å². The van der Waals surface area contributed by atoms with E-state index < -0.39 is 0 Å². The van der Waals surface area contributed by atoms with E-state index in [1.54, 1.807) is 0 Å². The van der Waals surface area contributed by atoms with Gasteiger partial charge in [-0.3, -0.25) is 4.99 Å². The Morgan fingerprint density at radius 1 is 0.952 bits per heavy atom. The van der Waals surface area contributed by atoms with Crippen molar-refractivity contribution in [3.05, 3.63) is 59.7 Å². The molecule has 1 fully saturated rings. The van der Waals surface area contributed by atoms with Gasteiger partial charge in [0, 0.05) is 25.0 Å². The highest BCUT2D eigenvalue weighted by atomic mass is 15.1. The molecule has 1 aliphatic rings. The summed E-state index contributed by atoms with van der Waals surface area (Å²) in [6.45, 7) is 4.47. The minimum Gasteiger partial charge on any atom is -0.372 e. The Labute approximate surface area is 127 Å². The van der Waals surface area contributed by atoms with Crippen LogP contribution >= 0.6 is 0 Å². The highest BCUT2D eigenvalue weighted by Gasteiger charge is 2.10. The van der Waals surface area contributed by atoms with Gasteiger partial charge in [0.2, 0.25) is 0 Å². The number of aliphatic imine (C=N–C) groups is 1. The summed E-state index contributed by atoms with van der Waals surface area (Å²) in [4.78, 5) is 7.03. The maximum Gasteiger partial charge on any atom is 0.0631 e. The Morgan fingerprint density at radius 2 is 1.71 bits per heavy atom. The lowest BCUT2D eigenvalue weighted by Gasteiger charge is -2.28. The highest BCUT2D eigenvalue weighted by Crippen LogP contribution is 2.23. The second kappa shape index (κ2) is 6.57. The van der Waals surface area contributed by atoms with Crippen LogP contribution in [0.15, 0.2) is 53.5 Å². The topological polar surface area (TPSA) is 15.6 Å². The van der Waals surface area contributed by atoms with Crippen molar-refractivity contribution in [2.45, 2.75) is 26.2 Å². The number of rotatable bonds is 3. The van der Waals surface area contributed by atoms with Crippen LogP contribution in [0, 0.1) is 6.92 Å². The zero-order valence-corrected chi connectivity index (χ0v) is 12.6. The summed E-state index contributed by atoms with van der Waals surface area (Å²) in [5.74, 6) is 0. The van der Waals surface area contributed by atoms with Crippen molar-refractivity contribution in [3.8, 4) is 0 Å². The van der Waals surface area contributed by atoms with Gasteiger partial charge in [0.25, 0.3) is 0 Å². The number of benzene rings is 2. The Hall–Kier alpha value is -2.09. The molecule has 0 unspecified atom stereocenters. The summed E-state index contributed by atoms with van der Waals surface area (Å²) in [6.07, 6.45) is 5.93. The maximum atomic E-state index is 4.56. The van der Waals surface area contributed by atoms with Crippen LogP contribution in [0.1, 0.15) is 30.4 Å². The molecule has 3 rings (SSSR count). The number of nitrogens with zero attached hydrogens (tertiary/aromatic N) is 2. The lowest BCUT2D eigenvalue weighted by Crippen LogP contribution is -2.29. The van der Waals surface area contributed by atoms with Gasteiger partial charge in [-0.2, -0.15) is 0 Å². The second-order valence-corrected chi connectivity index (χ2v) is 5.74. The quantitative estimate of drug-likeness (QED) is 0.741. The van der Waals surface area contributed by atoms with Crippen molar-refractivity contribution in [1.29, 1.82) is 0 Å². The fourth-order valence-corrected chi connectivity index (χ4v) is 2.80. The molecule has 0 bridgehead atoms. The van der Waals surface area contributed by atoms with Crippen LogP contribution in [0.3, 0.4) is 0 Å².